The molecule has 1 aromatic carbocycles. The summed E-state index contributed by atoms with van der Waals surface area (Å²) >= 11 is 0. The van der Waals surface area contributed by atoms with Crippen LogP contribution in [0.4, 0.5) is 13.2 Å². The quantitative estimate of drug-likeness (QED) is 0.909. The number of halogens is 4. The van der Waals surface area contributed by atoms with Gasteiger partial charge in [-0.2, -0.15) is 0 Å². The van der Waals surface area contributed by atoms with Crippen molar-refractivity contribution in [1.29, 1.82) is 0 Å². The summed E-state index contributed by atoms with van der Waals surface area (Å²) in [4.78, 5) is 2.31. The highest BCUT2D eigenvalue weighted by molar-refractivity contribution is 5.85. The van der Waals surface area contributed by atoms with E-state index in [0.717, 1.165) is 25.1 Å². The van der Waals surface area contributed by atoms with E-state index in [0.29, 0.717) is 6.54 Å². The van der Waals surface area contributed by atoms with Crippen LogP contribution in [0.2, 0.25) is 0 Å². The molecule has 22 heavy (non-hydrogen) atoms. The van der Waals surface area contributed by atoms with Crippen LogP contribution in [0.1, 0.15) is 31.9 Å². The number of nitrogens with two attached hydrogens (primary N) is 1. The molecular weight excluding hydrogens is 317 g/mol. The number of likely N-dealkylation sites (tertiary alicyclic amines) is 1. The number of rotatable bonds is 4. The van der Waals surface area contributed by atoms with Crippen molar-refractivity contribution in [1.82, 2.24) is 4.90 Å². The number of nitrogens with zero attached hydrogens (tertiary/aromatic N) is 1. The van der Waals surface area contributed by atoms with E-state index in [4.69, 9.17) is 5.73 Å². The molecule has 0 spiro atoms. The fraction of sp³-hybridized carbons (Fsp3) is 0.600. The summed E-state index contributed by atoms with van der Waals surface area (Å²) < 4.78 is 40.3. The van der Waals surface area contributed by atoms with Crippen molar-refractivity contribution in [3.63, 3.8) is 0 Å². The van der Waals surface area contributed by atoms with Crippen LogP contribution in [0.25, 0.3) is 0 Å². The van der Waals surface area contributed by atoms with Crippen molar-refractivity contribution in [2.24, 2.45) is 11.1 Å². The molecule has 0 aliphatic carbocycles. The molecule has 0 saturated carbocycles. The predicted molar refractivity (Wildman–Crippen MR) is 82.1 cm³/mol. The highest BCUT2D eigenvalue weighted by Gasteiger charge is 2.35. The summed E-state index contributed by atoms with van der Waals surface area (Å²) in [7, 11) is 0. The Labute approximate surface area is 135 Å². The van der Waals surface area contributed by atoms with Gasteiger partial charge in [-0.15, -0.1) is 25.6 Å². The van der Waals surface area contributed by atoms with E-state index in [1.807, 2.05) is 0 Å². The molecule has 3 nitrogen and oxygen atoms in total. The third kappa shape index (κ3) is 4.76. The molecule has 2 atom stereocenters. The average Bonchev–Trinajstić information content (AvgIpc) is 2.80. The molecule has 1 saturated heterocycles. The third-order valence-electron chi connectivity index (χ3n) is 4.22. The van der Waals surface area contributed by atoms with E-state index in [1.54, 1.807) is 12.1 Å². The number of alkyl halides is 3. The molecule has 2 unspecified atom stereocenters. The van der Waals surface area contributed by atoms with Crippen LogP contribution < -0.4 is 10.5 Å². The van der Waals surface area contributed by atoms with Crippen molar-refractivity contribution in [3.05, 3.63) is 29.8 Å². The second-order valence-electron chi connectivity index (χ2n) is 6.03. The average molecular weight is 339 g/mol. The Morgan fingerprint density at radius 1 is 1.32 bits per heavy atom. The number of benzene rings is 1. The highest BCUT2D eigenvalue weighted by atomic mass is 35.5. The third-order valence-corrected chi connectivity index (χ3v) is 4.22. The van der Waals surface area contributed by atoms with Crippen LogP contribution in [0, 0.1) is 5.41 Å². The maximum Gasteiger partial charge on any atom is 0.573 e. The van der Waals surface area contributed by atoms with E-state index in [2.05, 4.69) is 23.5 Å². The van der Waals surface area contributed by atoms with Crippen LogP contribution in [-0.4, -0.2) is 30.9 Å². The minimum Gasteiger partial charge on any atom is -0.406 e. The van der Waals surface area contributed by atoms with Gasteiger partial charge in [0.15, 0.2) is 0 Å². The molecule has 0 radical (unpaired) electrons. The fourth-order valence-electron chi connectivity index (χ4n) is 2.72. The number of hydrogen-bond acceptors (Lipinski definition) is 3. The maximum absolute atomic E-state index is 12.1. The summed E-state index contributed by atoms with van der Waals surface area (Å²) in [5.41, 5.74) is 6.91. The van der Waals surface area contributed by atoms with Crippen molar-refractivity contribution < 1.29 is 17.9 Å². The van der Waals surface area contributed by atoms with Crippen molar-refractivity contribution in [3.8, 4) is 5.75 Å². The molecule has 1 fully saturated rings. The lowest BCUT2D eigenvalue weighted by molar-refractivity contribution is -0.274. The number of ether oxygens (including phenoxy) is 1. The normalized spacial score (nSPS) is 23.9. The Hall–Kier alpha value is -0.980. The topological polar surface area (TPSA) is 38.5 Å². The number of hydrogen-bond donors (Lipinski definition) is 1. The van der Waals surface area contributed by atoms with Gasteiger partial charge in [0.2, 0.25) is 0 Å². The van der Waals surface area contributed by atoms with Gasteiger partial charge in [0, 0.05) is 12.6 Å². The molecule has 0 bridgehead atoms. The van der Waals surface area contributed by atoms with E-state index in [1.165, 1.54) is 12.1 Å². The van der Waals surface area contributed by atoms with E-state index < -0.39 is 6.36 Å². The monoisotopic (exact) mass is 338 g/mol. The molecule has 1 heterocycles. The SMILES string of the molecule is CC(c1ccc(OC(F)(F)F)cc1)N1CCC(C)(CN)C1.Cl. The zero-order chi connectivity index (χ0) is 15.7. The van der Waals surface area contributed by atoms with Gasteiger partial charge in [-0.05, 0) is 49.5 Å². The van der Waals surface area contributed by atoms with Crippen LogP contribution in [0.5, 0.6) is 5.75 Å². The first-order valence-electron chi connectivity index (χ1n) is 7.02. The van der Waals surface area contributed by atoms with Crippen molar-refractivity contribution in [2.45, 2.75) is 32.7 Å². The van der Waals surface area contributed by atoms with Gasteiger partial charge >= 0.3 is 6.36 Å². The molecule has 7 heteroatoms. The van der Waals surface area contributed by atoms with Gasteiger partial charge in [-0.1, -0.05) is 19.1 Å². The molecular formula is C15H22ClF3N2O. The lowest BCUT2D eigenvalue weighted by atomic mass is 9.90. The first-order valence-corrected chi connectivity index (χ1v) is 7.02. The lowest BCUT2D eigenvalue weighted by Crippen LogP contribution is -2.32. The fourth-order valence-corrected chi connectivity index (χ4v) is 2.72. The largest absolute Gasteiger partial charge is 0.573 e. The Morgan fingerprint density at radius 3 is 2.36 bits per heavy atom. The Morgan fingerprint density at radius 2 is 1.91 bits per heavy atom. The summed E-state index contributed by atoms with van der Waals surface area (Å²) in [5.74, 6) is -0.188. The van der Waals surface area contributed by atoms with Gasteiger partial charge in [0.25, 0.3) is 0 Å². The van der Waals surface area contributed by atoms with E-state index in [-0.39, 0.29) is 29.6 Å². The first-order chi connectivity index (χ1) is 9.72. The van der Waals surface area contributed by atoms with Gasteiger partial charge < -0.3 is 10.5 Å². The zero-order valence-electron chi connectivity index (χ0n) is 12.7. The van der Waals surface area contributed by atoms with Gasteiger partial charge in [0.05, 0.1) is 0 Å². The molecule has 2 rings (SSSR count). The van der Waals surface area contributed by atoms with Gasteiger partial charge in [-0.25, -0.2) is 0 Å². The molecule has 126 valence electrons. The highest BCUT2D eigenvalue weighted by Crippen LogP contribution is 2.35. The van der Waals surface area contributed by atoms with Crippen LogP contribution in [0.3, 0.4) is 0 Å². The Bertz CT molecular complexity index is 481. The molecule has 1 aliphatic rings. The van der Waals surface area contributed by atoms with Crippen LogP contribution in [0.15, 0.2) is 24.3 Å². The summed E-state index contributed by atoms with van der Waals surface area (Å²) in [5, 5.41) is 0. The molecule has 1 aromatic rings. The zero-order valence-corrected chi connectivity index (χ0v) is 13.5. The van der Waals surface area contributed by atoms with Gasteiger partial charge in [0.1, 0.15) is 5.75 Å². The molecule has 0 amide bonds. The summed E-state index contributed by atoms with van der Waals surface area (Å²) in [6, 6.07) is 6.24. The van der Waals surface area contributed by atoms with Crippen molar-refractivity contribution >= 4 is 12.4 Å². The Kier molecular flexibility index (Phi) is 6.12. The van der Waals surface area contributed by atoms with E-state index >= 15 is 0 Å². The molecule has 2 N–H and O–H groups in total. The summed E-state index contributed by atoms with van der Waals surface area (Å²) in [6.07, 6.45) is -3.60. The maximum atomic E-state index is 12.1. The standard InChI is InChI=1S/C15H21F3N2O.ClH/c1-11(20-8-7-14(2,9-19)10-20)12-3-5-13(6-4-12)21-15(16,17)18;/h3-6,11H,7-10,19H2,1-2H3;1H. The van der Waals surface area contributed by atoms with Crippen LogP contribution >= 0.6 is 12.4 Å². The lowest BCUT2D eigenvalue weighted by Gasteiger charge is -2.27. The summed E-state index contributed by atoms with van der Waals surface area (Å²) in [6.45, 7) is 6.73. The molecule has 1 aliphatic heterocycles. The van der Waals surface area contributed by atoms with Gasteiger partial charge in [-0.3, -0.25) is 4.90 Å². The minimum absolute atomic E-state index is 0. The first kappa shape index (κ1) is 19.1. The molecule has 0 aromatic heterocycles. The minimum atomic E-state index is -4.65. The van der Waals surface area contributed by atoms with E-state index in [9.17, 15) is 13.2 Å². The van der Waals surface area contributed by atoms with Crippen LogP contribution in [-0.2, 0) is 0 Å². The second kappa shape index (κ2) is 7.06. The predicted octanol–water partition coefficient (Wildman–Crippen LogP) is 3.74. The smallest absolute Gasteiger partial charge is 0.406 e. The Balaban J connectivity index is 0.00000242. The van der Waals surface area contributed by atoms with Crippen molar-refractivity contribution in [2.75, 3.05) is 19.6 Å². The second-order valence-corrected chi connectivity index (χ2v) is 6.03.